The minimum Gasteiger partial charge on any atom is -0.508 e. The van der Waals surface area contributed by atoms with Gasteiger partial charge in [-0.1, -0.05) is 23.9 Å². The summed E-state index contributed by atoms with van der Waals surface area (Å²) in [7, 11) is 0. The molecule has 2 unspecified atom stereocenters. The highest BCUT2D eigenvalue weighted by Gasteiger charge is 2.31. The molecule has 1 aromatic heterocycles. The van der Waals surface area contributed by atoms with Crippen LogP contribution < -0.4 is 14.8 Å². The van der Waals surface area contributed by atoms with Gasteiger partial charge in [0, 0.05) is 6.07 Å². The molecule has 2 atom stereocenters. The summed E-state index contributed by atoms with van der Waals surface area (Å²) in [6, 6.07) is 16.6. The van der Waals surface area contributed by atoms with Crippen molar-refractivity contribution in [3.05, 3.63) is 77.1 Å². The van der Waals surface area contributed by atoms with Gasteiger partial charge in [0.2, 0.25) is 5.91 Å². The highest BCUT2D eigenvalue weighted by molar-refractivity contribution is 8.15. The number of phenolic OH excluding ortho intramolecular Hbond substituents is 1. The van der Waals surface area contributed by atoms with E-state index >= 15 is 0 Å². The number of carbonyl (C=O) groups is 2. The van der Waals surface area contributed by atoms with Gasteiger partial charge in [0.1, 0.15) is 28.8 Å². The number of benzene rings is 3. The topological polar surface area (TPSA) is 114 Å². The van der Waals surface area contributed by atoms with Gasteiger partial charge >= 0.3 is 0 Å². The van der Waals surface area contributed by atoms with Crippen LogP contribution in [-0.4, -0.2) is 31.5 Å². The van der Waals surface area contributed by atoms with Crippen molar-refractivity contribution in [2.45, 2.75) is 38.5 Å². The lowest BCUT2D eigenvalue weighted by Gasteiger charge is -2.13. The van der Waals surface area contributed by atoms with Crippen molar-refractivity contribution in [2.75, 3.05) is 0 Å². The lowest BCUT2D eigenvalue weighted by molar-refractivity contribution is -0.118. The summed E-state index contributed by atoms with van der Waals surface area (Å²) in [5.41, 5.74) is 4.16. The maximum atomic E-state index is 11.8. The number of nitrogens with zero attached hydrogens (tertiary/aromatic N) is 1. The van der Waals surface area contributed by atoms with E-state index < -0.39 is 5.25 Å². The third kappa shape index (κ3) is 5.01. The molecular formula is C27H25N3O5S. The summed E-state index contributed by atoms with van der Waals surface area (Å²) < 4.78 is 12.1. The minimum absolute atomic E-state index is 0.244. The number of nitrogens with one attached hydrogen (secondary N) is 2. The summed E-state index contributed by atoms with van der Waals surface area (Å²) in [5, 5.41) is 11.5. The Hall–Kier alpha value is -3.98. The number of carbonyl (C=O) groups excluding carboxylic acids is 2. The number of aromatic amines is 1. The number of rotatable bonds is 7. The van der Waals surface area contributed by atoms with E-state index in [0.717, 1.165) is 39.5 Å². The van der Waals surface area contributed by atoms with Crippen molar-refractivity contribution in [3.8, 4) is 23.0 Å². The molecule has 0 bridgehead atoms. The average molecular weight is 504 g/mol. The van der Waals surface area contributed by atoms with Gasteiger partial charge in [0.05, 0.1) is 16.3 Å². The first kappa shape index (κ1) is 23.7. The number of hydrogen-bond acceptors (Lipinski definition) is 7. The Bertz CT molecular complexity index is 1460. The Kier molecular flexibility index (Phi) is 6.32. The largest absolute Gasteiger partial charge is 0.508 e. The van der Waals surface area contributed by atoms with E-state index in [1.54, 1.807) is 6.07 Å². The minimum atomic E-state index is -0.394. The van der Waals surface area contributed by atoms with E-state index in [1.807, 2.05) is 69.3 Å². The molecule has 3 aromatic carbocycles. The first-order valence-corrected chi connectivity index (χ1v) is 12.4. The van der Waals surface area contributed by atoms with Gasteiger partial charge in [0.25, 0.3) is 5.24 Å². The SMILES string of the molecule is Cc1cc(Oc2ccc3nc(C(C)Oc4ccc(CC5SC(=O)NC5=O)cc4)[nH]c3c2)c(C)cc1O. The molecule has 1 fully saturated rings. The van der Waals surface area contributed by atoms with Crippen LogP contribution in [0.2, 0.25) is 0 Å². The highest BCUT2D eigenvalue weighted by atomic mass is 32.2. The van der Waals surface area contributed by atoms with Gasteiger partial charge in [-0.2, -0.15) is 0 Å². The molecular weight excluding hydrogens is 478 g/mol. The highest BCUT2D eigenvalue weighted by Crippen LogP contribution is 2.32. The monoisotopic (exact) mass is 503 g/mol. The number of ether oxygens (including phenoxy) is 2. The van der Waals surface area contributed by atoms with Crippen LogP contribution in [0.1, 0.15) is 35.5 Å². The number of H-pyrrole nitrogens is 1. The number of fused-ring (bicyclic) bond motifs is 1. The standard InChI is InChI=1S/C27H25N3O5S/c1-14-11-23(15(2)10-22(14)31)35-19-8-9-20-21(13-19)29-25(28-20)16(3)34-18-6-4-17(5-7-18)12-24-26(32)30-27(33)36-24/h4-11,13,16,24,31H,12H2,1-3H3,(H,28,29)(H,30,32,33). The Morgan fingerprint density at radius 3 is 2.50 bits per heavy atom. The molecule has 0 spiro atoms. The van der Waals surface area contributed by atoms with Crippen molar-refractivity contribution in [3.63, 3.8) is 0 Å². The normalized spacial score (nSPS) is 16.2. The molecule has 0 radical (unpaired) electrons. The molecule has 1 saturated heterocycles. The van der Waals surface area contributed by atoms with Crippen LogP contribution in [0, 0.1) is 13.8 Å². The van der Waals surface area contributed by atoms with Gasteiger partial charge in [-0.25, -0.2) is 4.98 Å². The predicted octanol–water partition coefficient (Wildman–Crippen LogP) is 5.71. The fourth-order valence-electron chi connectivity index (χ4n) is 3.98. The Morgan fingerprint density at radius 2 is 1.78 bits per heavy atom. The van der Waals surface area contributed by atoms with E-state index in [-0.39, 0.29) is 23.0 Å². The van der Waals surface area contributed by atoms with Crippen LogP contribution in [0.15, 0.2) is 54.6 Å². The molecule has 2 amide bonds. The summed E-state index contributed by atoms with van der Waals surface area (Å²) >= 11 is 1.02. The van der Waals surface area contributed by atoms with Crippen molar-refractivity contribution >= 4 is 33.9 Å². The molecule has 9 heteroatoms. The number of imide groups is 1. The molecule has 3 N–H and O–H groups in total. The Balaban J connectivity index is 1.26. The average Bonchev–Trinajstić information content (AvgIpc) is 3.40. The zero-order valence-electron chi connectivity index (χ0n) is 20.0. The number of aryl methyl sites for hydroxylation is 2. The van der Waals surface area contributed by atoms with Crippen LogP contribution in [0.3, 0.4) is 0 Å². The van der Waals surface area contributed by atoms with Crippen molar-refractivity contribution in [1.82, 2.24) is 15.3 Å². The second-order valence-corrected chi connectivity index (χ2v) is 9.97. The third-order valence-electron chi connectivity index (χ3n) is 6.00. The molecule has 0 aliphatic carbocycles. The second-order valence-electron chi connectivity index (χ2n) is 8.80. The summed E-state index contributed by atoms with van der Waals surface area (Å²) in [6.45, 7) is 5.63. The molecule has 4 aromatic rings. The van der Waals surface area contributed by atoms with Crippen molar-refractivity contribution in [2.24, 2.45) is 0 Å². The summed E-state index contributed by atoms with van der Waals surface area (Å²) in [6.07, 6.45) is 0.151. The Morgan fingerprint density at radius 1 is 1.03 bits per heavy atom. The fourth-order valence-corrected chi connectivity index (χ4v) is 4.84. The zero-order chi connectivity index (χ0) is 25.4. The number of amides is 2. The van der Waals surface area contributed by atoms with Gasteiger partial charge < -0.3 is 19.6 Å². The smallest absolute Gasteiger partial charge is 0.286 e. The van der Waals surface area contributed by atoms with Crippen molar-refractivity contribution < 1.29 is 24.2 Å². The third-order valence-corrected chi connectivity index (χ3v) is 6.98. The van der Waals surface area contributed by atoms with E-state index in [1.165, 1.54) is 0 Å². The Labute approximate surface area is 212 Å². The molecule has 0 saturated carbocycles. The van der Waals surface area contributed by atoms with Crippen LogP contribution in [0.4, 0.5) is 4.79 Å². The van der Waals surface area contributed by atoms with Gasteiger partial charge in [-0.05, 0) is 80.3 Å². The van der Waals surface area contributed by atoms with E-state index in [9.17, 15) is 14.7 Å². The number of imidazole rings is 1. The fraction of sp³-hybridized carbons (Fsp3) is 0.222. The van der Waals surface area contributed by atoms with Gasteiger partial charge in [-0.15, -0.1) is 0 Å². The van der Waals surface area contributed by atoms with Crippen LogP contribution >= 0.6 is 11.8 Å². The second kappa shape index (κ2) is 9.58. The van der Waals surface area contributed by atoms with Crippen LogP contribution in [-0.2, 0) is 11.2 Å². The van der Waals surface area contributed by atoms with Crippen LogP contribution in [0.25, 0.3) is 11.0 Å². The van der Waals surface area contributed by atoms with E-state index in [4.69, 9.17) is 9.47 Å². The summed E-state index contributed by atoms with van der Waals surface area (Å²) in [4.78, 5) is 31.1. The lowest BCUT2D eigenvalue weighted by Crippen LogP contribution is -2.25. The first-order chi connectivity index (χ1) is 17.2. The van der Waals surface area contributed by atoms with E-state index in [2.05, 4.69) is 15.3 Å². The molecule has 1 aliphatic heterocycles. The predicted molar refractivity (Wildman–Crippen MR) is 138 cm³/mol. The zero-order valence-corrected chi connectivity index (χ0v) is 20.8. The maximum absolute atomic E-state index is 11.8. The van der Waals surface area contributed by atoms with E-state index in [0.29, 0.717) is 29.5 Å². The maximum Gasteiger partial charge on any atom is 0.286 e. The molecule has 5 rings (SSSR count). The number of phenols is 1. The molecule has 36 heavy (non-hydrogen) atoms. The quantitative estimate of drug-likeness (QED) is 0.296. The summed E-state index contributed by atoms with van der Waals surface area (Å²) in [5.74, 6) is 2.70. The van der Waals surface area contributed by atoms with Gasteiger partial charge in [-0.3, -0.25) is 14.9 Å². The molecule has 184 valence electrons. The lowest BCUT2D eigenvalue weighted by atomic mass is 10.1. The van der Waals surface area contributed by atoms with Crippen molar-refractivity contribution in [1.29, 1.82) is 0 Å². The molecule has 2 heterocycles. The number of thioether (sulfide) groups is 1. The van der Waals surface area contributed by atoms with Crippen LogP contribution in [0.5, 0.6) is 23.0 Å². The van der Waals surface area contributed by atoms with Gasteiger partial charge in [0.15, 0.2) is 6.10 Å². The molecule has 8 nitrogen and oxygen atoms in total. The number of aromatic hydroxyl groups is 1. The number of aromatic nitrogens is 2. The number of hydrogen-bond donors (Lipinski definition) is 3. The first-order valence-electron chi connectivity index (χ1n) is 11.5. The molecule has 1 aliphatic rings.